The Balaban J connectivity index is 2.12. The van der Waals surface area contributed by atoms with E-state index in [4.69, 9.17) is 16.7 Å². The first-order valence-electron chi connectivity index (χ1n) is 5.21. The predicted molar refractivity (Wildman–Crippen MR) is 67.8 cm³/mol. The summed E-state index contributed by atoms with van der Waals surface area (Å²) in [6.07, 6.45) is 1.71. The van der Waals surface area contributed by atoms with Gasteiger partial charge in [0, 0.05) is 22.7 Å². The molecule has 18 heavy (non-hydrogen) atoms. The zero-order valence-electron chi connectivity index (χ0n) is 9.07. The predicted octanol–water partition coefficient (Wildman–Crippen LogP) is 2.91. The lowest BCUT2D eigenvalue weighted by atomic mass is 10.1. The van der Waals surface area contributed by atoms with Crippen LogP contribution in [0.3, 0.4) is 0 Å². The topological polar surface area (TPSA) is 81.8 Å². The number of aromatic nitrogens is 3. The molecule has 0 atom stereocenters. The Morgan fingerprint density at radius 3 is 2.89 bits per heavy atom. The van der Waals surface area contributed by atoms with E-state index in [1.54, 1.807) is 6.20 Å². The SMILES string of the molecule is O=C(O)c1cc(-c2ccc3[nH]cc(Cl)c3c2)n[nH]1. The van der Waals surface area contributed by atoms with E-state index in [9.17, 15) is 4.79 Å². The summed E-state index contributed by atoms with van der Waals surface area (Å²) in [5.41, 5.74) is 2.38. The molecule has 0 bridgehead atoms. The number of hydrogen-bond donors (Lipinski definition) is 3. The highest BCUT2D eigenvalue weighted by Crippen LogP contribution is 2.28. The van der Waals surface area contributed by atoms with E-state index in [2.05, 4.69) is 15.2 Å². The van der Waals surface area contributed by atoms with E-state index in [0.717, 1.165) is 16.5 Å². The lowest BCUT2D eigenvalue weighted by molar-refractivity contribution is 0.0690. The molecule has 5 nitrogen and oxygen atoms in total. The second-order valence-electron chi connectivity index (χ2n) is 3.87. The van der Waals surface area contributed by atoms with E-state index in [-0.39, 0.29) is 5.69 Å². The van der Waals surface area contributed by atoms with Crippen molar-refractivity contribution in [2.24, 2.45) is 0 Å². The maximum Gasteiger partial charge on any atom is 0.353 e. The number of rotatable bonds is 2. The van der Waals surface area contributed by atoms with Gasteiger partial charge in [-0.15, -0.1) is 0 Å². The van der Waals surface area contributed by atoms with Crippen LogP contribution in [-0.2, 0) is 0 Å². The molecule has 0 aliphatic carbocycles. The molecule has 0 saturated carbocycles. The summed E-state index contributed by atoms with van der Waals surface area (Å²) in [6.45, 7) is 0. The van der Waals surface area contributed by atoms with Gasteiger partial charge in [0.2, 0.25) is 0 Å². The van der Waals surface area contributed by atoms with Gasteiger partial charge >= 0.3 is 5.97 Å². The molecule has 6 heteroatoms. The molecule has 0 amide bonds. The number of carbonyl (C=O) groups is 1. The highest BCUT2D eigenvalue weighted by atomic mass is 35.5. The van der Waals surface area contributed by atoms with E-state index in [1.807, 2.05) is 18.2 Å². The molecule has 0 fully saturated rings. The van der Waals surface area contributed by atoms with Crippen molar-refractivity contribution in [1.82, 2.24) is 15.2 Å². The van der Waals surface area contributed by atoms with Crippen molar-refractivity contribution in [3.8, 4) is 11.3 Å². The van der Waals surface area contributed by atoms with Crippen LogP contribution in [0.25, 0.3) is 22.2 Å². The lowest BCUT2D eigenvalue weighted by Gasteiger charge is -1.97. The number of nitrogens with zero attached hydrogens (tertiary/aromatic N) is 1. The third-order valence-corrected chi connectivity index (χ3v) is 3.05. The lowest BCUT2D eigenvalue weighted by Crippen LogP contribution is -1.95. The quantitative estimate of drug-likeness (QED) is 0.663. The van der Waals surface area contributed by atoms with E-state index >= 15 is 0 Å². The van der Waals surface area contributed by atoms with Crippen LogP contribution in [0.4, 0.5) is 0 Å². The first-order chi connectivity index (χ1) is 8.65. The number of nitrogens with one attached hydrogen (secondary N) is 2. The fourth-order valence-electron chi connectivity index (χ4n) is 1.83. The largest absolute Gasteiger partial charge is 0.477 e. The summed E-state index contributed by atoms with van der Waals surface area (Å²) in [7, 11) is 0. The molecule has 2 aromatic heterocycles. The van der Waals surface area contributed by atoms with Gasteiger partial charge in [-0.1, -0.05) is 17.7 Å². The van der Waals surface area contributed by atoms with Gasteiger partial charge in [0.25, 0.3) is 0 Å². The van der Waals surface area contributed by atoms with Crippen LogP contribution < -0.4 is 0 Å². The molecule has 1 aromatic carbocycles. The van der Waals surface area contributed by atoms with Crippen LogP contribution in [0.15, 0.2) is 30.5 Å². The zero-order valence-corrected chi connectivity index (χ0v) is 9.82. The maximum absolute atomic E-state index is 10.8. The molecular weight excluding hydrogens is 254 g/mol. The smallest absolute Gasteiger partial charge is 0.353 e. The number of fused-ring (bicyclic) bond motifs is 1. The highest BCUT2D eigenvalue weighted by Gasteiger charge is 2.10. The monoisotopic (exact) mass is 261 g/mol. The third-order valence-electron chi connectivity index (χ3n) is 2.74. The Kier molecular flexibility index (Phi) is 2.34. The Morgan fingerprint density at radius 2 is 2.17 bits per heavy atom. The van der Waals surface area contributed by atoms with Crippen LogP contribution >= 0.6 is 11.6 Å². The number of carboxylic acids is 1. The summed E-state index contributed by atoms with van der Waals surface area (Å²) in [6, 6.07) is 7.10. The molecule has 0 spiro atoms. The zero-order chi connectivity index (χ0) is 12.7. The Hall–Kier alpha value is -2.27. The van der Waals surface area contributed by atoms with Crippen LogP contribution in [0.1, 0.15) is 10.5 Å². The summed E-state index contributed by atoms with van der Waals surface area (Å²) in [5.74, 6) is -1.03. The molecule has 3 aromatic rings. The molecule has 3 rings (SSSR count). The standard InChI is InChI=1S/C12H8ClN3O2/c13-8-5-14-9-2-1-6(3-7(8)9)10-4-11(12(17)18)16-15-10/h1-5,14H,(H,15,16)(H,17,18). The van der Waals surface area contributed by atoms with Gasteiger partial charge < -0.3 is 10.1 Å². The first-order valence-corrected chi connectivity index (χ1v) is 5.58. The first kappa shape index (κ1) is 10.9. The van der Waals surface area contributed by atoms with Crippen molar-refractivity contribution in [2.45, 2.75) is 0 Å². The van der Waals surface area contributed by atoms with Crippen molar-refractivity contribution >= 4 is 28.5 Å². The average Bonchev–Trinajstić information content (AvgIpc) is 2.96. The Bertz CT molecular complexity index is 745. The van der Waals surface area contributed by atoms with Crippen molar-refractivity contribution in [1.29, 1.82) is 0 Å². The normalized spacial score (nSPS) is 10.9. The van der Waals surface area contributed by atoms with Crippen molar-refractivity contribution in [3.05, 3.63) is 41.2 Å². The molecular formula is C12H8ClN3O2. The number of carboxylic acid groups (broad SMARTS) is 1. The van der Waals surface area contributed by atoms with Crippen molar-refractivity contribution < 1.29 is 9.90 Å². The van der Waals surface area contributed by atoms with Crippen LogP contribution in [0.5, 0.6) is 0 Å². The van der Waals surface area contributed by atoms with E-state index < -0.39 is 5.97 Å². The highest BCUT2D eigenvalue weighted by molar-refractivity contribution is 6.35. The van der Waals surface area contributed by atoms with Gasteiger partial charge in [-0.3, -0.25) is 5.10 Å². The van der Waals surface area contributed by atoms with E-state index in [0.29, 0.717) is 10.7 Å². The number of hydrogen-bond acceptors (Lipinski definition) is 2. The van der Waals surface area contributed by atoms with Crippen molar-refractivity contribution in [2.75, 3.05) is 0 Å². The minimum absolute atomic E-state index is 0.0604. The Morgan fingerprint density at radius 1 is 1.33 bits per heavy atom. The summed E-state index contributed by atoms with van der Waals surface area (Å²) in [5, 5.41) is 16.8. The van der Waals surface area contributed by atoms with Crippen LogP contribution in [-0.4, -0.2) is 26.3 Å². The van der Waals surface area contributed by atoms with Gasteiger partial charge in [0.1, 0.15) is 5.69 Å². The Labute approximate surface area is 106 Å². The molecule has 0 aliphatic heterocycles. The van der Waals surface area contributed by atoms with Crippen LogP contribution in [0, 0.1) is 0 Å². The molecule has 0 radical (unpaired) electrons. The summed E-state index contributed by atoms with van der Waals surface area (Å²) < 4.78 is 0. The molecule has 0 unspecified atom stereocenters. The molecule has 90 valence electrons. The maximum atomic E-state index is 10.8. The third kappa shape index (κ3) is 1.65. The van der Waals surface area contributed by atoms with Gasteiger partial charge in [-0.2, -0.15) is 5.10 Å². The minimum Gasteiger partial charge on any atom is -0.477 e. The van der Waals surface area contributed by atoms with Crippen LogP contribution in [0.2, 0.25) is 5.02 Å². The molecule has 0 saturated heterocycles. The number of halogens is 1. The minimum atomic E-state index is -1.03. The number of aromatic amines is 2. The van der Waals surface area contributed by atoms with Gasteiger partial charge in [-0.25, -0.2) is 4.79 Å². The van der Waals surface area contributed by atoms with Gasteiger partial charge in [0.15, 0.2) is 0 Å². The molecule has 2 heterocycles. The van der Waals surface area contributed by atoms with E-state index in [1.165, 1.54) is 6.07 Å². The summed E-state index contributed by atoms with van der Waals surface area (Å²) in [4.78, 5) is 13.8. The fraction of sp³-hybridized carbons (Fsp3) is 0. The fourth-order valence-corrected chi connectivity index (χ4v) is 2.04. The second-order valence-corrected chi connectivity index (χ2v) is 4.28. The number of benzene rings is 1. The van der Waals surface area contributed by atoms with Gasteiger partial charge in [-0.05, 0) is 18.2 Å². The number of aromatic carboxylic acids is 1. The number of H-pyrrole nitrogens is 2. The summed E-state index contributed by atoms with van der Waals surface area (Å²) >= 11 is 6.03. The molecule has 3 N–H and O–H groups in total. The van der Waals surface area contributed by atoms with Gasteiger partial charge in [0.05, 0.1) is 10.7 Å². The van der Waals surface area contributed by atoms with Crippen molar-refractivity contribution in [3.63, 3.8) is 0 Å². The average molecular weight is 262 g/mol. The second kappa shape index (κ2) is 3.89. The molecule has 0 aliphatic rings.